The van der Waals surface area contributed by atoms with Gasteiger partial charge >= 0.3 is 11.7 Å². The van der Waals surface area contributed by atoms with E-state index in [1.54, 1.807) is 39.5 Å². The quantitative estimate of drug-likeness (QED) is 0.618. The lowest BCUT2D eigenvalue weighted by molar-refractivity contribution is 0.0597. The molecule has 1 aliphatic carbocycles. The van der Waals surface area contributed by atoms with Crippen molar-refractivity contribution < 1.29 is 19.4 Å². The van der Waals surface area contributed by atoms with E-state index in [0.29, 0.717) is 29.7 Å². The molecule has 4 rings (SSSR count). The van der Waals surface area contributed by atoms with E-state index >= 15 is 0 Å². The van der Waals surface area contributed by atoms with Crippen LogP contribution in [0, 0.1) is 11.3 Å². The number of rotatable bonds is 5. The summed E-state index contributed by atoms with van der Waals surface area (Å²) in [6.45, 7) is 0.223. The predicted octanol–water partition coefficient (Wildman–Crippen LogP) is 2.99. The standard InChI is InChI=1S/C24H25N3O5/c1-31-22-10-4-16(11-19(22)23(29)32-2)14-26-21-12-15(13-25)3-9-20(21)27(24(26)30)17-5-7-18(28)8-6-17/h3-4,9-12,17-18,28H,5-8,14H2,1-2H3. The van der Waals surface area contributed by atoms with E-state index in [-0.39, 0.29) is 29.9 Å². The average Bonchev–Trinajstić information content (AvgIpc) is 3.09. The second-order valence-corrected chi connectivity index (χ2v) is 8.04. The number of aliphatic hydroxyl groups excluding tert-OH is 1. The fourth-order valence-corrected chi connectivity index (χ4v) is 4.48. The lowest BCUT2D eigenvalue weighted by Gasteiger charge is -2.26. The Hall–Kier alpha value is -3.57. The monoisotopic (exact) mass is 435 g/mol. The van der Waals surface area contributed by atoms with E-state index in [1.165, 1.54) is 14.2 Å². The fraction of sp³-hybridized carbons (Fsp3) is 0.375. The number of carbonyl (C=O) groups is 1. The molecule has 0 atom stereocenters. The van der Waals surface area contributed by atoms with Crippen LogP contribution in [0.15, 0.2) is 41.2 Å². The summed E-state index contributed by atoms with van der Waals surface area (Å²) >= 11 is 0. The highest BCUT2D eigenvalue weighted by atomic mass is 16.5. The number of carbonyl (C=O) groups excluding carboxylic acids is 1. The van der Waals surface area contributed by atoms with Gasteiger partial charge in [0.05, 0.1) is 49.5 Å². The molecule has 0 saturated heterocycles. The molecule has 2 aromatic carbocycles. The molecular formula is C24H25N3O5. The molecule has 1 N–H and O–H groups in total. The molecular weight excluding hydrogens is 410 g/mol. The first-order valence-corrected chi connectivity index (χ1v) is 10.5. The third-order valence-corrected chi connectivity index (χ3v) is 6.13. The van der Waals surface area contributed by atoms with E-state index in [0.717, 1.165) is 23.9 Å². The molecule has 0 spiro atoms. The van der Waals surface area contributed by atoms with Crippen molar-refractivity contribution in [3.63, 3.8) is 0 Å². The van der Waals surface area contributed by atoms with E-state index in [1.807, 2.05) is 6.07 Å². The molecule has 1 fully saturated rings. The normalized spacial score (nSPS) is 18.3. The third kappa shape index (κ3) is 3.87. The summed E-state index contributed by atoms with van der Waals surface area (Å²) in [5.74, 6) is -0.131. The van der Waals surface area contributed by atoms with Crippen LogP contribution in [0.1, 0.15) is 53.2 Å². The summed E-state index contributed by atoms with van der Waals surface area (Å²) in [5, 5.41) is 19.3. The zero-order valence-corrected chi connectivity index (χ0v) is 18.1. The van der Waals surface area contributed by atoms with Crippen molar-refractivity contribution in [2.75, 3.05) is 14.2 Å². The summed E-state index contributed by atoms with van der Waals surface area (Å²) in [6.07, 6.45) is 2.42. The summed E-state index contributed by atoms with van der Waals surface area (Å²) in [4.78, 5) is 25.7. The van der Waals surface area contributed by atoms with Gasteiger partial charge in [-0.1, -0.05) is 6.07 Å². The van der Waals surface area contributed by atoms with Gasteiger partial charge in [0.1, 0.15) is 11.3 Å². The Morgan fingerprint density at radius 3 is 2.53 bits per heavy atom. The van der Waals surface area contributed by atoms with Gasteiger partial charge < -0.3 is 14.6 Å². The van der Waals surface area contributed by atoms with Crippen LogP contribution in [0.2, 0.25) is 0 Å². The maximum atomic E-state index is 13.5. The number of benzene rings is 2. The van der Waals surface area contributed by atoms with Gasteiger partial charge in [-0.15, -0.1) is 0 Å². The maximum Gasteiger partial charge on any atom is 0.341 e. The van der Waals surface area contributed by atoms with Crippen molar-refractivity contribution in [1.82, 2.24) is 9.13 Å². The summed E-state index contributed by atoms with van der Waals surface area (Å²) in [7, 11) is 2.78. The number of fused-ring (bicyclic) bond motifs is 1. The highest BCUT2D eigenvalue weighted by Gasteiger charge is 2.26. The van der Waals surface area contributed by atoms with Crippen LogP contribution < -0.4 is 10.4 Å². The van der Waals surface area contributed by atoms with E-state index < -0.39 is 5.97 Å². The molecule has 0 radical (unpaired) electrons. The van der Waals surface area contributed by atoms with E-state index in [9.17, 15) is 20.0 Å². The molecule has 1 aliphatic rings. The number of ether oxygens (including phenoxy) is 2. The van der Waals surface area contributed by atoms with Crippen LogP contribution in [0.25, 0.3) is 11.0 Å². The number of aliphatic hydroxyl groups is 1. The summed E-state index contributed by atoms with van der Waals surface area (Å²) < 4.78 is 13.5. The molecule has 166 valence electrons. The van der Waals surface area contributed by atoms with Crippen LogP contribution in [0.3, 0.4) is 0 Å². The van der Waals surface area contributed by atoms with Crippen molar-refractivity contribution in [3.8, 4) is 11.8 Å². The van der Waals surface area contributed by atoms with Crippen LogP contribution >= 0.6 is 0 Å². The topological polar surface area (TPSA) is 106 Å². The number of aromatic nitrogens is 2. The number of hydrogen-bond acceptors (Lipinski definition) is 6. The van der Waals surface area contributed by atoms with E-state index in [4.69, 9.17) is 9.47 Å². The number of hydrogen-bond donors (Lipinski definition) is 1. The van der Waals surface area contributed by atoms with Crippen LogP contribution in [-0.4, -0.2) is 40.5 Å². The molecule has 1 heterocycles. The lowest BCUT2D eigenvalue weighted by atomic mass is 9.93. The Morgan fingerprint density at radius 2 is 1.88 bits per heavy atom. The minimum atomic E-state index is -0.522. The van der Waals surface area contributed by atoms with Gasteiger partial charge in [-0.25, -0.2) is 9.59 Å². The highest BCUT2D eigenvalue weighted by molar-refractivity contribution is 5.92. The summed E-state index contributed by atoms with van der Waals surface area (Å²) in [5.41, 5.74) is 2.73. The number of esters is 1. The second kappa shape index (κ2) is 8.89. The number of nitrogens with zero attached hydrogens (tertiary/aromatic N) is 3. The van der Waals surface area contributed by atoms with Gasteiger partial charge in [0.15, 0.2) is 0 Å². The fourth-order valence-electron chi connectivity index (χ4n) is 4.48. The second-order valence-electron chi connectivity index (χ2n) is 8.04. The Labute approximate surface area is 185 Å². The minimum Gasteiger partial charge on any atom is -0.496 e. The molecule has 1 saturated carbocycles. The SMILES string of the molecule is COC(=O)c1cc(Cn2c(=O)n(C3CCC(O)CC3)c3ccc(C#N)cc32)ccc1OC. The first-order chi connectivity index (χ1) is 15.5. The first-order valence-electron chi connectivity index (χ1n) is 10.5. The van der Waals surface area contributed by atoms with Gasteiger partial charge in [-0.3, -0.25) is 9.13 Å². The van der Waals surface area contributed by atoms with Crippen molar-refractivity contribution in [1.29, 1.82) is 5.26 Å². The molecule has 8 heteroatoms. The van der Waals surface area contributed by atoms with Crippen molar-refractivity contribution in [3.05, 3.63) is 63.6 Å². The van der Waals surface area contributed by atoms with E-state index in [2.05, 4.69) is 6.07 Å². The van der Waals surface area contributed by atoms with Crippen molar-refractivity contribution >= 4 is 17.0 Å². The van der Waals surface area contributed by atoms with Gasteiger partial charge in [0, 0.05) is 6.04 Å². The van der Waals surface area contributed by atoms with Crippen LogP contribution in [-0.2, 0) is 11.3 Å². The summed E-state index contributed by atoms with van der Waals surface area (Å²) in [6, 6.07) is 12.5. The number of methoxy groups -OCH3 is 2. The van der Waals surface area contributed by atoms with Crippen molar-refractivity contribution in [2.24, 2.45) is 0 Å². The zero-order chi connectivity index (χ0) is 22.8. The predicted molar refractivity (Wildman–Crippen MR) is 118 cm³/mol. The molecule has 32 heavy (non-hydrogen) atoms. The maximum absolute atomic E-state index is 13.5. The largest absolute Gasteiger partial charge is 0.496 e. The van der Waals surface area contributed by atoms with Gasteiger partial charge in [0.25, 0.3) is 0 Å². The van der Waals surface area contributed by atoms with Gasteiger partial charge in [-0.05, 0) is 61.6 Å². The Bertz CT molecular complexity index is 1260. The molecule has 0 bridgehead atoms. The molecule has 0 aliphatic heterocycles. The van der Waals surface area contributed by atoms with Crippen LogP contribution in [0.4, 0.5) is 0 Å². The Balaban J connectivity index is 1.82. The molecule has 0 amide bonds. The number of nitriles is 1. The van der Waals surface area contributed by atoms with Gasteiger partial charge in [0.2, 0.25) is 0 Å². The highest BCUT2D eigenvalue weighted by Crippen LogP contribution is 2.31. The minimum absolute atomic E-state index is 0.0101. The molecule has 8 nitrogen and oxygen atoms in total. The number of imidazole rings is 1. The molecule has 3 aromatic rings. The Kier molecular flexibility index (Phi) is 6.01. The molecule has 0 unspecified atom stereocenters. The Morgan fingerprint density at radius 1 is 1.12 bits per heavy atom. The zero-order valence-electron chi connectivity index (χ0n) is 18.1. The molecule has 1 aromatic heterocycles. The third-order valence-electron chi connectivity index (χ3n) is 6.13. The van der Waals surface area contributed by atoms with Crippen molar-refractivity contribution in [2.45, 2.75) is 44.4 Å². The smallest absolute Gasteiger partial charge is 0.341 e. The average molecular weight is 435 g/mol. The lowest BCUT2D eigenvalue weighted by Crippen LogP contribution is -2.31. The van der Waals surface area contributed by atoms with Gasteiger partial charge in [-0.2, -0.15) is 5.26 Å². The van der Waals surface area contributed by atoms with Crippen LogP contribution in [0.5, 0.6) is 5.75 Å². The first kappa shape index (κ1) is 21.7.